The number of nitrogens with zero attached hydrogens (tertiary/aromatic N) is 1. The van der Waals surface area contributed by atoms with Crippen molar-refractivity contribution >= 4 is 19.8 Å². The summed E-state index contributed by atoms with van der Waals surface area (Å²) in [5.41, 5.74) is 0. The van der Waals surface area contributed by atoms with Crippen LogP contribution in [0.1, 0.15) is 219 Å². The summed E-state index contributed by atoms with van der Waals surface area (Å²) < 4.78 is 34.4. The topological polar surface area (TPSA) is 108 Å². The Morgan fingerprint density at radius 1 is 0.500 bits per heavy atom. The van der Waals surface area contributed by atoms with E-state index in [9.17, 15) is 19.0 Å². The minimum absolute atomic E-state index is 0.0262. The summed E-state index contributed by atoms with van der Waals surface area (Å²) in [6.45, 7) is 4.38. The van der Waals surface area contributed by atoms with Crippen molar-refractivity contribution in [3.05, 3.63) is 48.6 Å². The van der Waals surface area contributed by atoms with E-state index in [2.05, 4.69) is 62.5 Å². The van der Waals surface area contributed by atoms with Crippen LogP contribution in [0.5, 0.6) is 0 Å². The molecule has 0 aliphatic rings. The fourth-order valence-electron chi connectivity index (χ4n) is 6.84. The number of hydrogen-bond acceptors (Lipinski definition) is 7. The Labute approximate surface area is 382 Å². The Morgan fingerprint density at radius 3 is 1.34 bits per heavy atom. The maximum Gasteiger partial charge on any atom is 0.472 e. The van der Waals surface area contributed by atoms with Gasteiger partial charge in [-0.3, -0.25) is 18.6 Å². The highest BCUT2D eigenvalue weighted by Crippen LogP contribution is 2.43. The van der Waals surface area contributed by atoms with E-state index in [1.54, 1.807) is 0 Å². The number of ether oxygens (including phenoxy) is 2. The lowest BCUT2D eigenvalue weighted by molar-refractivity contribution is -0.870. The third kappa shape index (κ3) is 47.4. The van der Waals surface area contributed by atoms with Crippen LogP contribution in [-0.2, 0) is 32.7 Å². The maximum absolute atomic E-state index is 12.7. The van der Waals surface area contributed by atoms with Crippen molar-refractivity contribution in [3.8, 4) is 0 Å². The first-order chi connectivity index (χ1) is 30.0. The van der Waals surface area contributed by atoms with E-state index in [-0.39, 0.29) is 32.0 Å². The van der Waals surface area contributed by atoms with E-state index in [1.165, 1.54) is 128 Å². The standard InChI is InChI=1S/C52H96NO8P/c1-6-8-10-12-14-16-18-20-22-24-25-26-27-29-30-32-34-36-38-40-42-44-51(54)58-48-50(49-60-62(56,57)59-47-46-53(3,4)5)61-52(55)45-43-41-39-37-35-33-31-28-23-21-19-17-15-13-11-9-7-2/h15,17,20-23,31,33,50H,6-14,16,18-19,24-30,32,34-49H2,1-5H3/p+1/b17-15+,22-20+,23-21+,33-31+/t50-/m1/s1. The van der Waals surface area contributed by atoms with Gasteiger partial charge in [0.15, 0.2) is 6.10 Å². The second-order valence-corrected chi connectivity index (χ2v) is 19.6. The molecule has 9 nitrogen and oxygen atoms in total. The molecule has 0 rings (SSSR count). The van der Waals surface area contributed by atoms with Gasteiger partial charge in [-0.05, 0) is 77.0 Å². The lowest BCUT2D eigenvalue weighted by Gasteiger charge is -2.24. The van der Waals surface area contributed by atoms with Gasteiger partial charge in [-0.1, -0.05) is 178 Å². The maximum atomic E-state index is 12.7. The van der Waals surface area contributed by atoms with Gasteiger partial charge in [-0.25, -0.2) is 4.57 Å². The predicted octanol–water partition coefficient (Wildman–Crippen LogP) is 15.0. The minimum atomic E-state index is -4.39. The van der Waals surface area contributed by atoms with Crippen molar-refractivity contribution in [2.75, 3.05) is 47.5 Å². The number of phosphoric ester groups is 1. The second kappa shape index (κ2) is 44.2. The molecule has 10 heteroatoms. The van der Waals surface area contributed by atoms with Crippen LogP contribution < -0.4 is 0 Å². The Kier molecular flexibility index (Phi) is 42.7. The quantitative estimate of drug-likeness (QED) is 0.0212. The fraction of sp³-hybridized carbons (Fsp3) is 0.808. The van der Waals surface area contributed by atoms with Gasteiger partial charge in [-0.15, -0.1) is 0 Å². The van der Waals surface area contributed by atoms with Crippen LogP contribution in [0.15, 0.2) is 48.6 Å². The number of carbonyl (C=O) groups excluding carboxylic acids is 2. The lowest BCUT2D eigenvalue weighted by atomic mass is 10.0. The van der Waals surface area contributed by atoms with E-state index >= 15 is 0 Å². The average molecular weight is 895 g/mol. The van der Waals surface area contributed by atoms with E-state index in [4.69, 9.17) is 18.5 Å². The highest BCUT2D eigenvalue weighted by molar-refractivity contribution is 7.47. The van der Waals surface area contributed by atoms with Gasteiger partial charge < -0.3 is 18.9 Å². The molecule has 0 bridgehead atoms. The zero-order valence-corrected chi connectivity index (χ0v) is 41.7. The van der Waals surface area contributed by atoms with Gasteiger partial charge in [0.2, 0.25) is 0 Å². The summed E-state index contributed by atoms with van der Waals surface area (Å²) in [6, 6.07) is 0. The third-order valence-electron chi connectivity index (χ3n) is 10.8. The van der Waals surface area contributed by atoms with Crippen LogP contribution >= 0.6 is 7.82 Å². The molecule has 362 valence electrons. The number of carbonyl (C=O) groups is 2. The van der Waals surface area contributed by atoms with Crippen LogP contribution in [0.3, 0.4) is 0 Å². The molecule has 0 amide bonds. The molecule has 1 N–H and O–H groups in total. The summed E-state index contributed by atoms with van der Waals surface area (Å²) in [6.07, 6.45) is 53.0. The van der Waals surface area contributed by atoms with Gasteiger partial charge in [0.1, 0.15) is 19.8 Å². The molecule has 0 aromatic carbocycles. The zero-order valence-electron chi connectivity index (χ0n) is 40.9. The second-order valence-electron chi connectivity index (χ2n) is 18.2. The number of esters is 2. The molecular weight excluding hydrogens is 798 g/mol. The number of allylic oxidation sites excluding steroid dienone is 8. The number of unbranched alkanes of at least 4 members (excludes halogenated alkanes) is 24. The molecule has 0 aliphatic carbocycles. The van der Waals surface area contributed by atoms with Crippen LogP contribution in [-0.4, -0.2) is 74.9 Å². The molecule has 0 aromatic rings. The third-order valence-corrected chi connectivity index (χ3v) is 11.8. The molecule has 2 atom stereocenters. The first-order valence-electron chi connectivity index (χ1n) is 25.4. The van der Waals surface area contributed by atoms with Crippen molar-refractivity contribution in [2.24, 2.45) is 0 Å². The number of likely N-dealkylation sites (N-methyl/N-ethyl adjacent to an activating group) is 1. The molecule has 62 heavy (non-hydrogen) atoms. The van der Waals surface area contributed by atoms with Crippen molar-refractivity contribution in [1.82, 2.24) is 0 Å². The molecule has 1 unspecified atom stereocenters. The number of quaternary nitrogens is 1. The molecule has 0 saturated carbocycles. The summed E-state index contributed by atoms with van der Waals surface area (Å²) in [5.74, 6) is -0.821. The first kappa shape index (κ1) is 60.0. The highest BCUT2D eigenvalue weighted by atomic mass is 31.2. The first-order valence-corrected chi connectivity index (χ1v) is 26.9. The molecule has 0 radical (unpaired) electrons. The van der Waals surface area contributed by atoms with Crippen LogP contribution in [0.2, 0.25) is 0 Å². The van der Waals surface area contributed by atoms with Crippen molar-refractivity contribution < 1.29 is 42.1 Å². The average Bonchev–Trinajstić information content (AvgIpc) is 3.23. The number of phosphoric acid groups is 1. The number of hydrogen-bond donors (Lipinski definition) is 1. The predicted molar refractivity (Wildman–Crippen MR) is 261 cm³/mol. The molecular formula is C52H97NO8P+. The molecule has 0 saturated heterocycles. The van der Waals surface area contributed by atoms with E-state index < -0.39 is 26.5 Å². The number of rotatable bonds is 46. The Morgan fingerprint density at radius 2 is 0.871 bits per heavy atom. The van der Waals surface area contributed by atoms with E-state index in [0.29, 0.717) is 17.4 Å². The van der Waals surface area contributed by atoms with Crippen LogP contribution in [0, 0.1) is 0 Å². The normalized spacial score (nSPS) is 13.8. The van der Waals surface area contributed by atoms with E-state index in [0.717, 1.165) is 57.8 Å². The molecule has 0 fully saturated rings. The van der Waals surface area contributed by atoms with Crippen molar-refractivity contribution in [3.63, 3.8) is 0 Å². The summed E-state index contributed by atoms with van der Waals surface area (Å²) in [7, 11) is 1.46. The minimum Gasteiger partial charge on any atom is -0.462 e. The van der Waals surface area contributed by atoms with Gasteiger partial charge >= 0.3 is 19.8 Å². The molecule has 0 aromatic heterocycles. The lowest BCUT2D eigenvalue weighted by Crippen LogP contribution is -2.37. The van der Waals surface area contributed by atoms with Crippen LogP contribution in [0.4, 0.5) is 0 Å². The van der Waals surface area contributed by atoms with Crippen LogP contribution in [0.25, 0.3) is 0 Å². The Hall–Kier alpha value is -2.03. The summed E-state index contributed by atoms with van der Waals surface area (Å²) in [4.78, 5) is 35.5. The SMILES string of the molecule is CCCCC/C=C/C/C=C/C/C=C/CCCCCCC(=O)O[C@H](COC(=O)CCCCCCCCCCCCC/C=C/CCCCCCCC)COP(=O)(O)OCC[N+](C)(C)C. The Balaban J connectivity index is 4.28. The van der Waals surface area contributed by atoms with Gasteiger partial charge in [0.25, 0.3) is 0 Å². The highest BCUT2D eigenvalue weighted by Gasteiger charge is 2.27. The largest absolute Gasteiger partial charge is 0.472 e. The van der Waals surface area contributed by atoms with Gasteiger partial charge in [0.05, 0.1) is 27.7 Å². The molecule has 0 heterocycles. The smallest absolute Gasteiger partial charge is 0.462 e. The summed E-state index contributed by atoms with van der Waals surface area (Å²) >= 11 is 0. The van der Waals surface area contributed by atoms with Crippen molar-refractivity contribution in [1.29, 1.82) is 0 Å². The van der Waals surface area contributed by atoms with E-state index in [1.807, 2.05) is 21.1 Å². The monoisotopic (exact) mass is 895 g/mol. The van der Waals surface area contributed by atoms with Gasteiger partial charge in [-0.2, -0.15) is 0 Å². The van der Waals surface area contributed by atoms with Crippen molar-refractivity contribution in [2.45, 2.75) is 225 Å². The molecule has 0 spiro atoms. The summed E-state index contributed by atoms with van der Waals surface area (Å²) in [5, 5.41) is 0. The zero-order chi connectivity index (χ0) is 45.7. The fourth-order valence-corrected chi connectivity index (χ4v) is 7.58. The van der Waals surface area contributed by atoms with Gasteiger partial charge in [0, 0.05) is 12.8 Å². The molecule has 0 aliphatic heterocycles. The Bertz CT molecular complexity index is 1190.